The Hall–Kier alpha value is -0.820. The minimum Gasteiger partial charge on any atom is -0.496 e. The molecule has 0 saturated carbocycles. The Balaban J connectivity index is 2.82. The van der Waals surface area contributed by atoms with Gasteiger partial charge in [-0.05, 0) is 26.1 Å². The molecule has 0 aliphatic heterocycles. The molecule has 19 heavy (non-hydrogen) atoms. The molecule has 0 heterocycles. The molecule has 7 heteroatoms. The van der Waals surface area contributed by atoms with Crippen molar-refractivity contribution in [1.29, 1.82) is 0 Å². The zero-order valence-corrected chi connectivity index (χ0v) is 12.8. The molecule has 5 nitrogen and oxygen atoms in total. The Morgan fingerprint density at radius 2 is 2.11 bits per heavy atom. The summed E-state index contributed by atoms with van der Waals surface area (Å²) in [6, 6.07) is 5.19. The number of ether oxygens (including phenoxy) is 1. The van der Waals surface area contributed by atoms with E-state index in [1.54, 1.807) is 32.2 Å². The summed E-state index contributed by atoms with van der Waals surface area (Å²) in [4.78, 5) is 0. The highest BCUT2D eigenvalue weighted by Crippen LogP contribution is 2.26. The quantitative estimate of drug-likeness (QED) is 0.798. The van der Waals surface area contributed by atoms with Crippen LogP contribution < -0.4 is 14.8 Å². The molecule has 1 rings (SSSR count). The van der Waals surface area contributed by atoms with Crippen molar-refractivity contribution in [2.75, 3.05) is 20.7 Å². The van der Waals surface area contributed by atoms with Crippen LogP contribution in [0.1, 0.15) is 12.5 Å². The van der Waals surface area contributed by atoms with Crippen molar-refractivity contribution in [2.45, 2.75) is 18.7 Å². The van der Waals surface area contributed by atoms with E-state index in [2.05, 4.69) is 10.0 Å². The van der Waals surface area contributed by atoms with E-state index in [9.17, 15) is 8.42 Å². The summed E-state index contributed by atoms with van der Waals surface area (Å²) in [5, 5.41) is 2.79. The molecule has 0 aliphatic rings. The van der Waals surface area contributed by atoms with E-state index in [-0.39, 0.29) is 6.54 Å². The number of nitrogens with one attached hydrogen (secondary N) is 2. The Bertz CT molecular complexity index is 520. The van der Waals surface area contributed by atoms with Crippen LogP contribution in [0.25, 0.3) is 0 Å². The molecule has 0 radical (unpaired) electrons. The number of hydrogen-bond acceptors (Lipinski definition) is 4. The molecule has 0 spiro atoms. The smallest absolute Gasteiger partial charge is 0.215 e. The van der Waals surface area contributed by atoms with Gasteiger partial charge < -0.3 is 10.1 Å². The molecule has 2 N–H and O–H groups in total. The predicted octanol–water partition coefficient (Wildman–Crippen LogP) is 1.38. The van der Waals surface area contributed by atoms with Crippen molar-refractivity contribution in [3.63, 3.8) is 0 Å². The largest absolute Gasteiger partial charge is 0.496 e. The molecule has 0 aromatic heterocycles. The van der Waals surface area contributed by atoms with E-state index in [0.717, 1.165) is 0 Å². The Morgan fingerprint density at radius 1 is 1.42 bits per heavy atom. The second-order valence-electron chi connectivity index (χ2n) is 4.16. The second-order valence-corrected chi connectivity index (χ2v) is 6.75. The zero-order chi connectivity index (χ0) is 14.5. The first-order valence-electron chi connectivity index (χ1n) is 5.86. The van der Waals surface area contributed by atoms with Crippen molar-refractivity contribution in [2.24, 2.45) is 0 Å². The first-order chi connectivity index (χ1) is 8.92. The van der Waals surface area contributed by atoms with Gasteiger partial charge >= 0.3 is 0 Å². The highest BCUT2D eigenvalue weighted by Gasteiger charge is 2.20. The zero-order valence-electron chi connectivity index (χ0n) is 11.2. The van der Waals surface area contributed by atoms with Crippen molar-refractivity contribution >= 4 is 21.6 Å². The van der Waals surface area contributed by atoms with Crippen LogP contribution in [0, 0.1) is 0 Å². The van der Waals surface area contributed by atoms with Crippen LogP contribution in [0.5, 0.6) is 5.75 Å². The molecule has 0 saturated heterocycles. The predicted molar refractivity (Wildman–Crippen MR) is 77.2 cm³/mol. The lowest BCUT2D eigenvalue weighted by atomic mass is 10.2. The van der Waals surface area contributed by atoms with Crippen molar-refractivity contribution in [3.8, 4) is 5.75 Å². The minimum atomic E-state index is -3.39. The van der Waals surface area contributed by atoms with Gasteiger partial charge in [-0.2, -0.15) is 0 Å². The fraction of sp³-hybridized carbons (Fsp3) is 0.500. The fourth-order valence-electron chi connectivity index (χ4n) is 1.61. The number of sulfonamides is 1. The van der Waals surface area contributed by atoms with Crippen molar-refractivity contribution < 1.29 is 13.2 Å². The van der Waals surface area contributed by atoms with Crippen LogP contribution in [-0.2, 0) is 16.6 Å². The van der Waals surface area contributed by atoms with Gasteiger partial charge in [0.2, 0.25) is 10.0 Å². The Morgan fingerprint density at radius 3 is 2.68 bits per heavy atom. The highest BCUT2D eigenvalue weighted by atomic mass is 35.5. The molecular formula is C12H19ClN2O3S. The molecule has 0 fully saturated rings. The maximum Gasteiger partial charge on any atom is 0.215 e. The average molecular weight is 307 g/mol. The van der Waals surface area contributed by atoms with Gasteiger partial charge in [-0.3, -0.25) is 0 Å². The maximum atomic E-state index is 12.0. The van der Waals surface area contributed by atoms with E-state index in [1.165, 1.54) is 7.11 Å². The van der Waals surface area contributed by atoms with Gasteiger partial charge in [-0.25, -0.2) is 13.1 Å². The van der Waals surface area contributed by atoms with Crippen LogP contribution >= 0.6 is 11.6 Å². The average Bonchev–Trinajstić information content (AvgIpc) is 2.37. The van der Waals surface area contributed by atoms with Crippen molar-refractivity contribution in [3.05, 3.63) is 28.8 Å². The van der Waals surface area contributed by atoms with Gasteiger partial charge in [-0.15, -0.1) is 0 Å². The summed E-state index contributed by atoms with van der Waals surface area (Å²) >= 11 is 6.05. The maximum absolute atomic E-state index is 12.0. The van der Waals surface area contributed by atoms with Gasteiger partial charge in [0.05, 0.1) is 12.4 Å². The number of methoxy groups -OCH3 is 1. The topological polar surface area (TPSA) is 67.4 Å². The lowest BCUT2D eigenvalue weighted by Gasteiger charge is -2.15. The number of hydrogen-bond donors (Lipinski definition) is 2. The third-order valence-electron chi connectivity index (χ3n) is 2.77. The van der Waals surface area contributed by atoms with E-state index in [0.29, 0.717) is 22.9 Å². The van der Waals surface area contributed by atoms with E-state index < -0.39 is 15.3 Å². The number of rotatable bonds is 7. The molecule has 108 valence electrons. The van der Waals surface area contributed by atoms with Crippen LogP contribution in [-0.4, -0.2) is 34.4 Å². The van der Waals surface area contributed by atoms with Crippen LogP contribution in [0.15, 0.2) is 18.2 Å². The number of halogens is 1. The summed E-state index contributed by atoms with van der Waals surface area (Å²) in [7, 11) is -0.157. The molecule has 0 bridgehead atoms. The molecule has 1 unspecified atom stereocenters. The summed E-state index contributed by atoms with van der Waals surface area (Å²) in [5.74, 6) is 0.566. The van der Waals surface area contributed by atoms with Gasteiger partial charge in [0.15, 0.2) is 0 Å². The third-order valence-corrected chi connectivity index (χ3v) is 4.89. The van der Waals surface area contributed by atoms with E-state index in [4.69, 9.17) is 16.3 Å². The Labute approximate surface area is 119 Å². The van der Waals surface area contributed by atoms with Gasteiger partial charge in [0.25, 0.3) is 0 Å². The first kappa shape index (κ1) is 16.2. The van der Waals surface area contributed by atoms with Gasteiger partial charge in [0.1, 0.15) is 5.75 Å². The normalized spacial score (nSPS) is 13.3. The number of benzene rings is 1. The molecule has 1 aromatic carbocycles. The molecule has 0 amide bonds. The minimum absolute atomic E-state index is 0.110. The van der Waals surface area contributed by atoms with Crippen LogP contribution in [0.2, 0.25) is 5.02 Å². The molecule has 0 aliphatic carbocycles. The lowest BCUT2D eigenvalue weighted by molar-refractivity contribution is 0.409. The SMILES string of the molecule is CNCC(C)S(=O)(=O)NCc1c(Cl)cccc1OC. The van der Waals surface area contributed by atoms with Gasteiger partial charge in [0, 0.05) is 23.7 Å². The van der Waals surface area contributed by atoms with E-state index >= 15 is 0 Å². The second kappa shape index (κ2) is 7.09. The molecule has 1 atom stereocenters. The van der Waals surface area contributed by atoms with Crippen LogP contribution in [0.4, 0.5) is 0 Å². The van der Waals surface area contributed by atoms with E-state index in [1.807, 2.05) is 0 Å². The molecule has 1 aromatic rings. The third kappa shape index (κ3) is 4.35. The highest BCUT2D eigenvalue weighted by molar-refractivity contribution is 7.90. The van der Waals surface area contributed by atoms with Crippen molar-refractivity contribution in [1.82, 2.24) is 10.0 Å². The molecular weight excluding hydrogens is 288 g/mol. The summed E-state index contributed by atoms with van der Waals surface area (Å²) < 4.78 is 31.7. The first-order valence-corrected chi connectivity index (χ1v) is 7.79. The van der Waals surface area contributed by atoms with Crippen LogP contribution in [0.3, 0.4) is 0 Å². The summed E-state index contributed by atoms with van der Waals surface area (Å²) in [6.07, 6.45) is 0. The summed E-state index contributed by atoms with van der Waals surface area (Å²) in [6.45, 7) is 2.14. The lowest BCUT2D eigenvalue weighted by Crippen LogP contribution is -2.37. The monoisotopic (exact) mass is 306 g/mol. The Kier molecular flexibility index (Phi) is 6.06. The van der Waals surface area contributed by atoms with Gasteiger partial charge in [-0.1, -0.05) is 17.7 Å². The standard InChI is InChI=1S/C12H19ClN2O3S/c1-9(7-14-2)19(16,17)15-8-10-11(13)5-4-6-12(10)18-3/h4-6,9,14-15H,7-8H2,1-3H3. The fourth-order valence-corrected chi connectivity index (χ4v) is 2.86. The summed E-state index contributed by atoms with van der Waals surface area (Å²) in [5.41, 5.74) is 0.631.